The van der Waals surface area contributed by atoms with Gasteiger partial charge in [0.1, 0.15) is 0 Å². The molecule has 4 nitrogen and oxygen atoms in total. The lowest BCUT2D eigenvalue weighted by Gasteiger charge is -2.06. The summed E-state index contributed by atoms with van der Waals surface area (Å²) in [5.74, 6) is -1.97. The number of carbonyl (C=O) groups excluding carboxylic acids is 2. The summed E-state index contributed by atoms with van der Waals surface area (Å²) in [5.41, 5.74) is 1.38. The summed E-state index contributed by atoms with van der Waals surface area (Å²) in [6.45, 7) is 1.80. The first-order valence-corrected chi connectivity index (χ1v) is 4.83. The molecule has 0 radical (unpaired) electrons. The molecule has 0 saturated heterocycles. The van der Waals surface area contributed by atoms with Crippen LogP contribution in [0.25, 0.3) is 0 Å². The molecule has 0 spiro atoms. The number of halogens is 1. The average Bonchev–Trinajstić information content (AvgIpc) is 2.20. The molecular weight excluding hydrogens is 230 g/mol. The van der Waals surface area contributed by atoms with E-state index in [0.717, 1.165) is 11.6 Å². The van der Waals surface area contributed by atoms with Gasteiger partial charge < -0.3 is 15.2 Å². The third-order valence-corrected chi connectivity index (χ3v) is 2.06. The average molecular weight is 239 g/mol. The first kappa shape index (κ1) is 12.3. The summed E-state index contributed by atoms with van der Waals surface area (Å²) in [6, 6.07) is 5.03. The van der Waals surface area contributed by atoms with Gasteiger partial charge in [-0.2, -0.15) is 0 Å². The van der Waals surface area contributed by atoms with Crippen LogP contribution < -0.4 is 10.4 Å². The van der Waals surface area contributed by atoms with Crippen LogP contribution in [0.2, 0.25) is 5.02 Å². The zero-order chi connectivity index (χ0) is 12.1. The van der Waals surface area contributed by atoms with E-state index in [-0.39, 0.29) is 0 Å². The Morgan fingerprint density at radius 2 is 2.06 bits per heavy atom. The number of benzene rings is 1. The van der Waals surface area contributed by atoms with E-state index in [1.165, 1.54) is 0 Å². The van der Waals surface area contributed by atoms with Crippen molar-refractivity contribution in [2.75, 3.05) is 5.32 Å². The number of anilines is 1. The fourth-order valence-electron chi connectivity index (χ4n) is 1.05. The maximum atomic E-state index is 11.2. The number of amides is 1. The standard InChI is InChI=1S/C11H10ClNO3/c1-7-2-3-8(12)6-9(7)13-10(14)4-5-11(15)16/h2-6H,1H3,(H,13,14)(H,15,16)/p-1. The molecule has 1 rings (SSSR count). The Morgan fingerprint density at radius 1 is 1.38 bits per heavy atom. The van der Waals surface area contributed by atoms with Crippen molar-refractivity contribution in [3.63, 3.8) is 0 Å². The zero-order valence-electron chi connectivity index (χ0n) is 8.49. The molecule has 1 N–H and O–H groups in total. The Kier molecular flexibility index (Phi) is 4.08. The third kappa shape index (κ3) is 3.74. The van der Waals surface area contributed by atoms with Crippen LogP contribution in [0.5, 0.6) is 0 Å². The highest BCUT2D eigenvalue weighted by Crippen LogP contribution is 2.19. The maximum absolute atomic E-state index is 11.2. The monoisotopic (exact) mass is 238 g/mol. The predicted molar refractivity (Wildman–Crippen MR) is 59.0 cm³/mol. The second-order valence-electron chi connectivity index (χ2n) is 3.10. The summed E-state index contributed by atoms with van der Waals surface area (Å²) < 4.78 is 0. The lowest BCUT2D eigenvalue weighted by molar-refractivity contribution is -0.297. The number of rotatable bonds is 3. The maximum Gasteiger partial charge on any atom is 0.248 e. The Labute approximate surface area is 97.5 Å². The highest BCUT2D eigenvalue weighted by molar-refractivity contribution is 6.31. The molecule has 0 aliphatic carbocycles. The van der Waals surface area contributed by atoms with Crippen molar-refractivity contribution in [3.05, 3.63) is 40.9 Å². The summed E-state index contributed by atoms with van der Waals surface area (Å²) in [4.78, 5) is 21.3. The number of carboxylic acid groups (broad SMARTS) is 1. The molecule has 0 atom stereocenters. The quantitative estimate of drug-likeness (QED) is 0.796. The van der Waals surface area contributed by atoms with Gasteiger partial charge >= 0.3 is 0 Å². The molecule has 0 aromatic heterocycles. The van der Waals surface area contributed by atoms with Crippen LogP contribution in [0.3, 0.4) is 0 Å². The first-order valence-electron chi connectivity index (χ1n) is 4.45. The Morgan fingerprint density at radius 3 is 2.69 bits per heavy atom. The Hall–Kier alpha value is -1.81. The minimum atomic E-state index is -1.42. The van der Waals surface area contributed by atoms with E-state index in [1.807, 2.05) is 0 Å². The molecule has 0 fully saturated rings. The second-order valence-corrected chi connectivity index (χ2v) is 3.54. The van der Waals surface area contributed by atoms with Crippen LogP contribution in [-0.4, -0.2) is 11.9 Å². The number of hydrogen-bond donors (Lipinski definition) is 1. The lowest BCUT2D eigenvalue weighted by atomic mass is 10.2. The highest BCUT2D eigenvalue weighted by Gasteiger charge is 2.02. The molecule has 1 aromatic carbocycles. The second kappa shape index (κ2) is 5.32. The normalized spacial score (nSPS) is 10.4. The molecule has 5 heteroatoms. The van der Waals surface area contributed by atoms with E-state index in [4.69, 9.17) is 11.6 Å². The minimum absolute atomic E-state index is 0.491. The molecule has 1 aromatic rings. The van der Waals surface area contributed by atoms with Gasteiger partial charge in [-0.05, 0) is 30.7 Å². The van der Waals surface area contributed by atoms with Crippen molar-refractivity contribution in [1.29, 1.82) is 0 Å². The number of aryl methyl sites for hydroxylation is 1. The fourth-order valence-corrected chi connectivity index (χ4v) is 1.22. The highest BCUT2D eigenvalue weighted by atomic mass is 35.5. The van der Waals surface area contributed by atoms with Gasteiger partial charge in [0.15, 0.2) is 0 Å². The van der Waals surface area contributed by atoms with Crippen molar-refractivity contribution >= 4 is 29.2 Å². The molecule has 0 aliphatic heterocycles. The van der Waals surface area contributed by atoms with Crippen LogP contribution in [-0.2, 0) is 9.59 Å². The van der Waals surface area contributed by atoms with E-state index in [1.54, 1.807) is 25.1 Å². The van der Waals surface area contributed by atoms with Crippen LogP contribution in [0.15, 0.2) is 30.4 Å². The molecule has 0 heterocycles. The van der Waals surface area contributed by atoms with Gasteiger partial charge in [0.25, 0.3) is 0 Å². The van der Waals surface area contributed by atoms with E-state index in [0.29, 0.717) is 16.8 Å². The van der Waals surface area contributed by atoms with Gasteiger partial charge in [-0.3, -0.25) is 4.79 Å². The van der Waals surface area contributed by atoms with Gasteiger partial charge in [0.05, 0.1) is 5.97 Å². The molecule has 16 heavy (non-hydrogen) atoms. The van der Waals surface area contributed by atoms with Crippen LogP contribution in [0, 0.1) is 6.92 Å². The van der Waals surface area contributed by atoms with Crippen molar-refractivity contribution in [2.45, 2.75) is 6.92 Å². The SMILES string of the molecule is Cc1ccc(Cl)cc1NC(=O)C=CC(=O)[O-]. The first-order chi connectivity index (χ1) is 7.49. The van der Waals surface area contributed by atoms with Crippen molar-refractivity contribution in [1.82, 2.24) is 0 Å². The van der Waals surface area contributed by atoms with Gasteiger partial charge in [-0.1, -0.05) is 17.7 Å². The zero-order valence-corrected chi connectivity index (χ0v) is 9.25. The van der Waals surface area contributed by atoms with Gasteiger partial charge in [-0.15, -0.1) is 0 Å². The van der Waals surface area contributed by atoms with Crippen molar-refractivity contribution in [3.8, 4) is 0 Å². The number of carboxylic acids is 1. The molecule has 84 valence electrons. The largest absolute Gasteiger partial charge is 0.545 e. The predicted octanol–water partition coefficient (Wildman–Crippen LogP) is 0.893. The van der Waals surface area contributed by atoms with Crippen LogP contribution >= 0.6 is 11.6 Å². The minimum Gasteiger partial charge on any atom is -0.545 e. The fraction of sp³-hybridized carbons (Fsp3) is 0.0909. The lowest BCUT2D eigenvalue weighted by Crippen LogP contribution is -2.20. The molecule has 0 saturated carbocycles. The number of hydrogen-bond acceptors (Lipinski definition) is 3. The molecule has 1 amide bonds. The Balaban J connectivity index is 2.77. The Bertz CT molecular complexity index is 455. The summed E-state index contributed by atoms with van der Waals surface area (Å²) >= 11 is 5.75. The molecule has 0 aliphatic rings. The van der Waals surface area contributed by atoms with E-state index in [9.17, 15) is 14.7 Å². The van der Waals surface area contributed by atoms with Crippen LogP contribution in [0.1, 0.15) is 5.56 Å². The van der Waals surface area contributed by atoms with E-state index in [2.05, 4.69) is 5.32 Å². The number of nitrogens with one attached hydrogen (secondary N) is 1. The molecular formula is C11H9ClNO3-. The van der Waals surface area contributed by atoms with Crippen molar-refractivity contribution < 1.29 is 14.7 Å². The van der Waals surface area contributed by atoms with E-state index >= 15 is 0 Å². The number of aliphatic carboxylic acids is 1. The molecule has 0 unspecified atom stereocenters. The van der Waals surface area contributed by atoms with Gasteiger partial charge in [0.2, 0.25) is 5.91 Å². The van der Waals surface area contributed by atoms with E-state index < -0.39 is 11.9 Å². The number of carbonyl (C=O) groups is 2. The summed E-state index contributed by atoms with van der Waals surface area (Å²) in [7, 11) is 0. The van der Waals surface area contributed by atoms with Crippen molar-refractivity contribution in [2.24, 2.45) is 0 Å². The van der Waals surface area contributed by atoms with Crippen LogP contribution in [0.4, 0.5) is 5.69 Å². The smallest absolute Gasteiger partial charge is 0.248 e. The van der Waals surface area contributed by atoms with Gasteiger partial charge in [-0.25, -0.2) is 0 Å². The van der Waals surface area contributed by atoms with Gasteiger partial charge in [0, 0.05) is 16.8 Å². The third-order valence-electron chi connectivity index (χ3n) is 1.83. The summed E-state index contributed by atoms with van der Waals surface area (Å²) in [6.07, 6.45) is 1.55. The molecule has 0 bridgehead atoms. The topological polar surface area (TPSA) is 69.2 Å². The summed E-state index contributed by atoms with van der Waals surface area (Å²) in [5, 5.41) is 13.1.